The zero-order valence-electron chi connectivity index (χ0n) is 31.2. The lowest BCUT2D eigenvalue weighted by molar-refractivity contribution is 1.29. The van der Waals surface area contributed by atoms with Crippen LogP contribution in [0.15, 0.2) is 212 Å². The molecule has 0 heterocycles. The van der Waals surface area contributed by atoms with Crippen molar-refractivity contribution in [2.45, 2.75) is 6.92 Å². The Labute approximate surface area is 328 Å². The predicted octanol–water partition coefficient (Wildman–Crippen LogP) is 15.4. The highest BCUT2D eigenvalue weighted by Crippen LogP contribution is 2.40. The first-order valence-electron chi connectivity index (χ1n) is 19.3. The van der Waals surface area contributed by atoms with Crippen LogP contribution in [0.2, 0.25) is 0 Å². The number of nitrogens with zero attached hydrogens (tertiary/aromatic N) is 1. The number of fused-ring (bicyclic) bond motifs is 4. The highest BCUT2D eigenvalue weighted by molar-refractivity contribution is 6.14. The van der Waals surface area contributed by atoms with Crippen molar-refractivity contribution >= 4 is 60.5 Å². The lowest BCUT2D eigenvalue weighted by atomic mass is 9.92. The van der Waals surface area contributed by atoms with Crippen LogP contribution in [0.5, 0.6) is 0 Å². The average Bonchev–Trinajstić information content (AvgIpc) is 3.26. The van der Waals surface area contributed by atoms with Crippen molar-refractivity contribution in [3.05, 3.63) is 224 Å². The number of benzene rings is 10. The van der Waals surface area contributed by atoms with Crippen molar-refractivity contribution in [3.63, 3.8) is 0 Å². The molecule has 10 aromatic rings. The SMILES string of the molecule is Cc1ccccc1-c1ccccc1/C=C/N(c1ccc(-c2c3ccccc3cc3ccccc23)cc1)c1ccc(-c2c3ccccc3cc3ccccc23)cc1. The van der Waals surface area contributed by atoms with Crippen LogP contribution < -0.4 is 4.90 Å². The van der Waals surface area contributed by atoms with Gasteiger partial charge < -0.3 is 4.90 Å². The summed E-state index contributed by atoms with van der Waals surface area (Å²) >= 11 is 0. The minimum Gasteiger partial charge on any atom is -0.317 e. The van der Waals surface area contributed by atoms with E-state index in [0.29, 0.717) is 0 Å². The van der Waals surface area contributed by atoms with E-state index in [-0.39, 0.29) is 0 Å². The van der Waals surface area contributed by atoms with Crippen molar-refractivity contribution in [2.75, 3.05) is 4.90 Å². The Morgan fingerprint density at radius 2 is 0.732 bits per heavy atom. The standard InChI is InChI=1S/C55H39N/c1-38-14-2-8-20-48(38)49-21-9-3-15-39(49)34-35-56(46-30-26-40(27-31-46)54-50-22-10-4-16-42(50)36-43-17-5-11-23-51(43)54)47-32-28-41(29-33-47)55-52-24-12-6-18-44(52)37-45-19-7-13-25-53(45)55/h2-37H,1H3/b35-34+. The van der Waals surface area contributed by atoms with Crippen LogP contribution in [-0.2, 0) is 0 Å². The van der Waals surface area contributed by atoms with Crippen LogP contribution in [0.25, 0.3) is 82.5 Å². The van der Waals surface area contributed by atoms with Gasteiger partial charge >= 0.3 is 0 Å². The molecule has 0 aliphatic rings. The van der Waals surface area contributed by atoms with Gasteiger partial charge in [0.15, 0.2) is 0 Å². The van der Waals surface area contributed by atoms with E-state index < -0.39 is 0 Å². The Kier molecular flexibility index (Phi) is 8.46. The van der Waals surface area contributed by atoms with Gasteiger partial charge in [0.25, 0.3) is 0 Å². The van der Waals surface area contributed by atoms with E-state index in [1.165, 1.54) is 87.6 Å². The van der Waals surface area contributed by atoms with Gasteiger partial charge in [0.2, 0.25) is 0 Å². The first kappa shape index (κ1) is 33.4. The maximum atomic E-state index is 2.31. The summed E-state index contributed by atoms with van der Waals surface area (Å²) in [6, 6.07) is 74.9. The van der Waals surface area contributed by atoms with Gasteiger partial charge in [-0.05, 0) is 137 Å². The molecule has 56 heavy (non-hydrogen) atoms. The van der Waals surface area contributed by atoms with E-state index in [1.54, 1.807) is 0 Å². The Hall–Kier alpha value is -7.22. The van der Waals surface area contributed by atoms with Gasteiger partial charge in [-0.1, -0.05) is 170 Å². The van der Waals surface area contributed by atoms with Crippen molar-refractivity contribution < 1.29 is 0 Å². The summed E-state index contributed by atoms with van der Waals surface area (Å²) in [5, 5.41) is 10.1. The molecule has 0 aromatic heterocycles. The van der Waals surface area contributed by atoms with E-state index in [0.717, 1.165) is 11.4 Å². The fourth-order valence-corrected chi connectivity index (χ4v) is 8.47. The highest BCUT2D eigenvalue weighted by atomic mass is 15.1. The zero-order chi connectivity index (χ0) is 37.4. The largest absolute Gasteiger partial charge is 0.317 e. The van der Waals surface area contributed by atoms with Gasteiger partial charge in [0.1, 0.15) is 0 Å². The summed E-state index contributed by atoms with van der Waals surface area (Å²) in [4.78, 5) is 2.31. The first-order chi connectivity index (χ1) is 27.7. The second-order valence-corrected chi connectivity index (χ2v) is 14.6. The highest BCUT2D eigenvalue weighted by Gasteiger charge is 2.15. The molecule has 0 saturated heterocycles. The number of hydrogen-bond acceptors (Lipinski definition) is 1. The maximum Gasteiger partial charge on any atom is 0.0455 e. The molecule has 10 rings (SSSR count). The summed E-state index contributed by atoms with van der Waals surface area (Å²) in [6.07, 6.45) is 4.47. The number of anilines is 2. The predicted molar refractivity (Wildman–Crippen MR) is 242 cm³/mol. The molecule has 1 nitrogen and oxygen atoms in total. The van der Waals surface area contributed by atoms with E-state index in [9.17, 15) is 0 Å². The molecule has 0 unspecified atom stereocenters. The summed E-state index contributed by atoms with van der Waals surface area (Å²) in [5.74, 6) is 0. The van der Waals surface area contributed by atoms with Crippen LogP contribution in [0.1, 0.15) is 11.1 Å². The van der Waals surface area contributed by atoms with Crippen LogP contribution in [0.3, 0.4) is 0 Å². The van der Waals surface area contributed by atoms with Gasteiger partial charge in [-0.25, -0.2) is 0 Å². The Morgan fingerprint density at radius 3 is 1.18 bits per heavy atom. The lowest BCUT2D eigenvalue weighted by Gasteiger charge is -2.23. The maximum absolute atomic E-state index is 2.31. The second kappa shape index (κ2) is 14.2. The average molecular weight is 714 g/mol. The third-order valence-corrected chi connectivity index (χ3v) is 11.2. The summed E-state index contributed by atoms with van der Waals surface area (Å²) in [5.41, 5.74) is 12.0. The van der Waals surface area contributed by atoms with Crippen LogP contribution in [0, 0.1) is 6.92 Å². The minimum absolute atomic E-state index is 1.09. The second-order valence-electron chi connectivity index (χ2n) is 14.6. The van der Waals surface area contributed by atoms with Crippen molar-refractivity contribution in [1.29, 1.82) is 0 Å². The van der Waals surface area contributed by atoms with E-state index in [2.05, 4.69) is 230 Å². The topological polar surface area (TPSA) is 3.24 Å². The van der Waals surface area contributed by atoms with Gasteiger partial charge in [-0.3, -0.25) is 0 Å². The molecule has 0 spiro atoms. The summed E-state index contributed by atoms with van der Waals surface area (Å²) < 4.78 is 0. The molecular weight excluding hydrogens is 675 g/mol. The fraction of sp³-hybridized carbons (Fsp3) is 0.0182. The molecule has 10 aromatic carbocycles. The minimum atomic E-state index is 1.09. The molecule has 0 saturated carbocycles. The third kappa shape index (κ3) is 6.00. The molecule has 0 radical (unpaired) electrons. The third-order valence-electron chi connectivity index (χ3n) is 11.2. The van der Waals surface area contributed by atoms with Crippen LogP contribution in [0.4, 0.5) is 11.4 Å². The first-order valence-corrected chi connectivity index (χ1v) is 19.3. The van der Waals surface area contributed by atoms with Crippen LogP contribution >= 0.6 is 0 Å². The molecule has 0 aliphatic carbocycles. The van der Waals surface area contributed by atoms with Crippen molar-refractivity contribution in [2.24, 2.45) is 0 Å². The summed E-state index contributed by atoms with van der Waals surface area (Å²) in [6.45, 7) is 2.18. The number of rotatable bonds is 7. The Balaban J connectivity index is 1.10. The van der Waals surface area contributed by atoms with E-state index >= 15 is 0 Å². The van der Waals surface area contributed by atoms with Crippen molar-refractivity contribution in [1.82, 2.24) is 0 Å². The Morgan fingerprint density at radius 1 is 0.357 bits per heavy atom. The molecule has 0 amide bonds. The monoisotopic (exact) mass is 713 g/mol. The number of aryl methyl sites for hydroxylation is 1. The van der Waals surface area contributed by atoms with Gasteiger partial charge in [0, 0.05) is 17.6 Å². The molecule has 1 heteroatoms. The zero-order valence-corrected chi connectivity index (χ0v) is 31.2. The van der Waals surface area contributed by atoms with Gasteiger partial charge in [-0.15, -0.1) is 0 Å². The van der Waals surface area contributed by atoms with Gasteiger partial charge in [0.05, 0.1) is 0 Å². The molecular formula is C55H39N. The van der Waals surface area contributed by atoms with E-state index in [4.69, 9.17) is 0 Å². The molecule has 0 bridgehead atoms. The molecule has 0 fully saturated rings. The van der Waals surface area contributed by atoms with E-state index in [1.807, 2.05) is 0 Å². The van der Waals surface area contributed by atoms with Crippen LogP contribution in [-0.4, -0.2) is 0 Å². The number of hydrogen-bond donors (Lipinski definition) is 0. The quantitative estimate of drug-likeness (QED) is 0.149. The van der Waals surface area contributed by atoms with Gasteiger partial charge in [-0.2, -0.15) is 0 Å². The molecule has 0 aliphatic heterocycles. The lowest BCUT2D eigenvalue weighted by Crippen LogP contribution is -2.08. The fourth-order valence-electron chi connectivity index (χ4n) is 8.47. The smallest absolute Gasteiger partial charge is 0.0455 e. The normalized spacial score (nSPS) is 11.6. The van der Waals surface area contributed by atoms with Crippen molar-refractivity contribution in [3.8, 4) is 33.4 Å². The molecule has 0 atom stereocenters. The molecule has 0 N–H and O–H groups in total. The molecule has 264 valence electrons. The Bertz CT molecular complexity index is 2810. The summed E-state index contributed by atoms with van der Waals surface area (Å²) in [7, 11) is 0.